The number of ether oxygens (including phenoxy) is 1. The number of nitrogens with one attached hydrogen (secondary N) is 1. The number of unbranched alkanes of at least 4 members (excludes halogenated alkanes) is 1. The van der Waals surface area contributed by atoms with Crippen molar-refractivity contribution >= 4 is 22.7 Å². The largest absolute Gasteiger partial charge is 0.494 e. The molecule has 0 aliphatic carbocycles. The lowest BCUT2D eigenvalue weighted by molar-refractivity contribution is 0.0649. The number of hydrogen-bond donors (Lipinski definition) is 1. The lowest BCUT2D eigenvalue weighted by Crippen LogP contribution is -2.30. The summed E-state index contributed by atoms with van der Waals surface area (Å²) >= 11 is 0. The molecule has 6 heteroatoms. The smallest absolute Gasteiger partial charge is 0.261 e. The maximum Gasteiger partial charge on any atom is 0.261 e. The van der Waals surface area contributed by atoms with E-state index >= 15 is 0 Å². The fraction of sp³-hybridized carbons (Fsp3) is 0.190. The zero-order chi connectivity index (χ0) is 18.8. The Morgan fingerprint density at radius 2 is 1.59 bits per heavy atom. The highest BCUT2D eigenvalue weighted by atomic mass is 16.5. The number of hydrogen-bond acceptors (Lipinski definition) is 4. The summed E-state index contributed by atoms with van der Waals surface area (Å²) in [6.07, 6.45) is 1.39. The molecular formula is C21H18N2O4. The minimum Gasteiger partial charge on any atom is -0.494 e. The predicted molar refractivity (Wildman–Crippen MR) is 101 cm³/mol. The molecule has 0 saturated carbocycles. The van der Waals surface area contributed by atoms with Gasteiger partial charge in [0, 0.05) is 23.5 Å². The second kappa shape index (κ2) is 7.07. The number of amides is 2. The highest BCUT2D eigenvalue weighted by Crippen LogP contribution is 2.23. The van der Waals surface area contributed by atoms with E-state index in [9.17, 15) is 14.4 Å². The molecule has 0 spiro atoms. The molecule has 136 valence electrons. The van der Waals surface area contributed by atoms with Crippen LogP contribution in [-0.2, 0) is 0 Å². The van der Waals surface area contributed by atoms with Crippen molar-refractivity contribution in [2.75, 3.05) is 13.2 Å². The van der Waals surface area contributed by atoms with E-state index < -0.39 is 0 Å². The molecule has 2 aromatic carbocycles. The molecule has 1 aliphatic heterocycles. The van der Waals surface area contributed by atoms with Gasteiger partial charge in [-0.3, -0.25) is 19.3 Å². The summed E-state index contributed by atoms with van der Waals surface area (Å²) in [5.74, 6) is 0.273. The molecule has 4 rings (SSSR count). The number of benzene rings is 2. The number of aromatic amines is 1. The van der Waals surface area contributed by atoms with Gasteiger partial charge in [-0.25, -0.2) is 0 Å². The molecular weight excluding hydrogens is 344 g/mol. The van der Waals surface area contributed by atoms with Crippen molar-refractivity contribution in [3.63, 3.8) is 0 Å². The van der Waals surface area contributed by atoms with Gasteiger partial charge in [-0.1, -0.05) is 12.1 Å². The molecule has 0 radical (unpaired) electrons. The van der Waals surface area contributed by atoms with Crippen LogP contribution >= 0.6 is 0 Å². The van der Waals surface area contributed by atoms with Crippen molar-refractivity contribution in [1.82, 2.24) is 9.88 Å². The number of rotatable bonds is 6. The number of pyridine rings is 1. The lowest BCUT2D eigenvalue weighted by Gasteiger charge is -2.13. The molecule has 0 unspecified atom stereocenters. The summed E-state index contributed by atoms with van der Waals surface area (Å²) in [7, 11) is 0. The van der Waals surface area contributed by atoms with Gasteiger partial charge in [0.25, 0.3) is 11.8 Å². The van der Waals surface area contributed by atoms with E-state index in [1.807, 2.05) is 18.2 Å². The van der Waals surface area contributed by atoms with Gasteiger partial charge in [0.05, 0.1) is 17.7 Å². The summed E-state index contributed by atoms with van der Waals surface area (Å²) in [5.41, 5.74) is 1.59. The second-order valence-electron chi connectivity index (χ2n) is 6.43. The Morgan fingerprint density at radius 3 is 2.33 bits per heavy atom. The van der Waals surface area contributed by atoms with Gasteiger partial charge in [-0.05, 0) is 49.2 Å². The monoisotopic (exact) mass is 362 g/mol. The standard InChI is InChI=1S/C21H18N2O4/c24-19-10-7-14-13-15(8-9-18(14)22-19)27-12-4-3-11-23-20(25)16-5-1-2-6-17(16)21(23)26/h1-2,5-10,13H,3-4,11-12H2,(H,22,24). The topological polar surface area (TPSA) is 79.5 Å². The maximum absolute atomic E-state index is 12.3. The molecule has 27 heavy (non-hydrogen) atoms. The Morgan fingerprint density at radius 1 is 0.852 bits per heavy atom. The number of aromatic nitrogens is 1. The highest BCUT2D eigenvalue weighted by molar-refractivity contribution is 6.21. The van der Waals surface area contributed by atoms with Crippen LogP contribution in [0.15, 0.2) is 59.4 Å². The fourth-order valence-electron chi connectivity index (χ4n) is 3.23. The number of carbonyl (C=O) groups is 2. The number of nitrogens with zero attached hydrogens (tertiary/aromatic N) is 1. The normalized spacial score (nSPS) is 13.3. The van der Waals surface area contributed by atoms with E-state index in [1.54, 1.807) is 30.3 Å². The Balaban J connectivity index is 1.29. The Kier molecular flexibility index (Phi) is 4.46. The zero-order valence-electron chi connectivity index (χ0n) is 14.6. The molecule has 0 atom stereocenters. The molecule has 1 aromatic heterocycles. The minimum absolute atomic E-state index is 0.135. The highest BCUT2D eigenvalue weighted by Gasteiger charge is 2.34. The van der Waals surface area contributed by atoms with Crippen LogP contribution in [0.25, 0.3) is 10.9 Å². The van der Waals surface area contributed by atoms with Gasteiger partial charge in [0.2, 0.25) is 5.56 Å². The van der Waals surface area contributed by atoms with Crippen molar-refractivity contribution in [3.05, 3.63) is 76.1 Å². The predicted octanol–water partition coefficient (Wildman–Crippen LogP) is 2.98. The molecule has 2 heterocycles. The summed E-state index contributed by atoms with van der Waals surface area (Å²) in [5, 5.41) is 0.901. The maximum atomic E-state index is 12.3. The third kappa shape index (κ3) is 3.33. The van der Waals surface area contributed by atoms with Crippen LogP contribution in [0.2, 0.25) is 0 Å². The SMILES string of the molecule is O=C1c2ccccc2C(=O)N1CCCCOc1ccc2[nH]c(=O)ccc2c1. The number of fused-ring (bicyclic) bond motifs is 2. The zero-order valence-corrected chi connectivity index (χ0v) is 14.6. The lowest BCUT2D eigenvalue weighted by atomic mass is 10.1. The van der Waals surface area contributed by atoms with Crippen LogP contribution in [0.3, 0.4) is 0 Å². The van der Waals surface area contributed by atoms with E-state index in [0.717, 1.165) is 23.1 Å². The first-order valence-electron chi connectivity index (χ1n) is 8.84. The molecule has 0 bridgehead atoms. The van der Waals surface area contributed by atoms with Crippen LogP contribution in [0, 0.1) is 0 Å². The third-order valence-corrected chi connectivity index (χ3v) is 4.62. The van der Waals surface area contributed by atoms with Gasteiger partial charge in [0.15, 0.2) is 0 Å². The summed E-state index contributed by atoms with van der Waals surface area (Å²) in [6, 6.07) is 15.6. The molecule has 6 nitrogen and oxygen atoms in total. The van der Waals surface area contributed by atoms with Crippen molar-refractivity contribution in [1.29, 1.82) is 0 Å². The number of H-pyrrole nitrogens is 1. The minimum atomic E-state index is -0.222. The molecule has 0 saturated heterocycles. The Hall–Kier alpha value is -3.41. The van der Waals surface area contributed by atoms with E-state index in [2.05, 4.69) is 4.98 Å². The van der Waals surface area contributed by atoms with Crippen LogP contribution in [-0.4, -0.2) is 34.8 Å². The van der Waals surface area contributed by atoms with Crippen molar-refractivity contribution in [2.24, 2.45) is 0 Å². The number of carbonyl (C=O) groups excluding carboxylic acids is 2. The van der Waals surface area contributed by atoms with Gasteiger partial charge >= 0.3 is 0 Å². The van der Waals surface area contributed by atoms with Crippen LogP contribution in [0.1, 0.15) is 33.6 Å². The van der Waals surface area contributed by atoms with E-state index in [0.29, 0.717) is 30.7 Å². The van der Waals surface area contributed by atoms with Crippen LogP contribution in [0.4, 0.5) is 0 Å². The van der Waals surface area contributed by atoms with Gasteiger partial charge in [0.1, 0.15) is 5.75 Å². The molecule has 2 amide bonds. The van der Waals surface area contributed by atoms with Gasteiger partial charge in [-0.15, -0.1) is 0 Å². The first-order valence-corrected chi connectivity index (χ1v) is 8.84. The fourth-order valence-corrected chi connectivity index (χ4v) is 3.23. The van der Waals surface area contributed by atoms with E-state index in [-0.39, 0.29) is 17.4 Å². The van der Waals surface area contributed by atoms with E-state index in [1.165, 1.54) is 11.0 Å². The van der Waals surface area contributed by atoms with Crippen molar-refractivity contribution < 1.29 is 14.3 Å². The third-order valence-electron chi connectivity index (χ3n) is 4.62. The Labute approximate surface area is 155 Å². The molecule has 0 fully saturated rings. The first kappa shape index (κ1) is 17.0. The summed E-state index contributed by atoms with van der Waals surface area (Å²) in [6.45, 7) is 0.868. The van der Waals surface area contributed by atoms with Crippen molar-refractivity contribution in [2.45, 2.75) is 12.8 Å². The van der Waals surface area contributed by atoms with Crippen molar-refractivity contribution in [3.8, 4) is 5.75 Å². The van der Waals surface area contributed by atoms with Crippen LogP contribution in [0.5, 0.6) is 5.75 Å². The van der Waals surface area contributed by atoms with Gasteiger partial charge < -0.3 is 9.72 Å². The van der Waals surface area contributed by atoms with E-state index in [4.69, 9.17) is 4.74 Å². The second-order valence-corrected chi connectivity index (χ2v) is 6.43. The van der Waals surface area contributed by atoms with Crippen LogP contribution < -0.4 is 10.3 Å². The summed E-state index contributed by atoms with van der Waals surface area (Å²) < 4.78 is 5.74. The number of imide groups is 1. The molecule has 1 N–H and O–H groups in total. The summed E-state index contributed by atoms with van der Waals surface area (Å²) in [4.78, 5) is 39.9. The molecule has 3 aromatic rings. The Bertz CT molecular complexity index is 1050. The average molecular weight is 362 g/mol. The van der Waals surface area contributed by atoms with Gasteiger partial charge in [-0.2, -0.15) is 0 Å². The molecule has 1 aliphatic rings. The quantitative estimate of drug-likeness (QED) is 0.540. The average Bonchev–Trinajstić information content (AvgIpc) is 2.93. The first-order chi connectivity index (χ1) is 13.1.